The predicted molar refractivity (Wildman–Crippen MR) is 82.3 cm³/mol. The van der Waals surface area contributed by atoms with E-state index in [-0.39, 0.29) is 11.9 Å². The number of hydrogen-bond acceptors (Lipinski definition) is 4. The van der Waals surface area contributed by atoms with E-state index in [1.165, 1.54) is 6.20 Å². The molecule has 1 fully saturated rings. The minimum atomic E-state index is -0.111. The maximum Gasteiger partial charge on any atom is 0.255 e. The van der Waals surface area contributed by atoms with Gasteiger partial charge >= 0.3 is 0 Å². The van der Waals surface area contributed by atoms with E-state index in [1.807, 2.05) is 0 Å². The number of rotatable bonds is 7. The number of hydrogen-bond donors (Lipinski definition) is 1. The molecule has 2 rings (SSSR count). The van der Waals surface area contributed by atoms with Crippen LogP contribution in [0.4, 0.5) is 5.82 Å². The zero-order valence-electron chi connectivity index (χ0n) is 12.1. The third kappa shape index (κ3) is 4.08. The van der Waals surface area contributed by atoms with Crippen LogP contribution in [0.1, 0.15) is 43.0 Å². The number of halogens is 1. The second-order valence-corrected chi connectivity index (χ2v) is 5.52. The highest BCUT2D eigenvalue weighted by molar-refractivity contribution is 6.33. The van der Waals surface area contributed by atoms with E-state index in [9.17, 15) is 4.79 Å². The van der Waals surface area contributed by atoms with Crippen molar-refractivity contribution < 1.29 is 4.79 Å². The Hall–Kier alpha value is -1.80. The fourth-order valence-corrected chi connectivity index (χ4v) is 2.30. The summed E-state index contributed by atoms with van der Waals surface area (Å²) >= 11 is 6.13. The number of amides is 1. The van der Waals surface area contributed by atoms with Gasteiger partial charge in [-0.15, -0.1) is 0 Å². The zero-order valence-corrected chi connectivity index (χ0v) is 12.9. The average molecular weight is 307 g/mol. The molecule has 1 aromatic heterocycles. The quantitative estimate of drug-likeness (QED) is 0.840. The first-order valence-electron chi connectivity index (χ1n) is 7.24. The summed E-state index contributed by atoms with van der Waals surface area (Å²) in [5.41, 5.74) is 0.454. The van der Waals surface area contributed by atoms with Gasteiger partial charge in [-0.1, -0.05) is 18.5 Å². The van der Waals surface area contributed by atoms with E-state index in [4.69, 9.17) is 16.9 Å². The highest BCUT2D eigenvalue weighted by atomic mass is 35.5. The van der Waals surface area contributed by atoms with Gasteiger partial charge in [0.15, 0.2) is 0 Å². The van der Waals surface area contributed by atoms with E-state index in [2.05, 4.69) is 23.3 Å². The topological polar surface area (TPSA) is 69.0 Å². The molecule has 5 nitrogen and oxygen atoms in total. The molecule has 1 amide bonds. The molecule has 1 N–H and O–H groups in total. The van der Waals surface area contributed by atoms with Gasteiger partial charge in [-0.05, 0) is 25.3 Å². The van der Waals surface area contributed by atoms with Gasteiger partial charge < -0.3 is 10.2 Å². The molecule has 0 aromatic carbocycles. The van der Waals surface area contributed by atoms with Crippen LogP contribution in [0, 0.1) is 11.3 Å². The minimum Gasteiger partial charge on any atom is -0.370 e. The molecule has 1 saturated carbocycles. The molecule has 1 aliphatic carbocycles. The first-order chi connectivity index (χ1) is 10.2. The molecule has 0 bridgehead atoms. The zero-order chi connectivity index (χ0) is 15.2. The maximum absolute atomic E-state index is 12.7. The molecule has 1 aliphatic rings. The molecular formula is C15H19ClN4O. The van der Waals surface area contributed by atoms with Crippen molar-refractivity contribution in [2.45, 2.75) is 38.6 Å². The van der Waals surface area contributed by atoms with Crippen molar-refractivity contribution in [3.8, 4) is 6.07 Å². The van der Waals surface area contributed by atoms with Gasteiger partial charge in [-0.25, -0.2) is 4.98 Å². The molecule has 112 valence electrons. The normalized spacial score (nSPS) is 13.6. The lowest BCUT2D eigenvalue weighted by Gasteiger charge is -2.22. The number of carbonyl (C=O) groups is 1. The largest absolute Gasteiger partial charge is 0.370 e. The van der Waals surface area contributed by atoms with Crippen molar-refractivity contribution in [2.24, 2.45) is 0 Å². The van der Waals surface area contributed by atoms with Gasteiger partial charge in [0.05, 0.1) is 23.1 Å². The molecule has 0 unspecified atom stereocenters. The number of aromatic nitrogens is 1. The Balaban J connectivity index is 2.17. The Bertz CT molecular complexity index is 551. The van der Waals surface area contributed by atoms with Crippen LogP contribution in [0.25, 0.3) is 0 Å². The summed E-state index contributed by atoms with van der Waals surface area (Å²) in [6.45, 7) is 3.31. The minimum absolute atomic E-state index is 0.111. The Morgan fingerprint density at radius 1 is 1.62 bits per heavy atom. The number of nitrogens with zero attached hydrogens (tertiary/aromatic N) is 3. The van der Waals surface area contributed by atoms with Crippen molar-refractivity contribution in [2.75, 3.05) is 18.4 Å². The Morgan fingerprint density at radius 2 is 2.38 bits per heavy atom. The lowest BCUT2D eigenvalue weighted by atomic mass is 10.2. The van der Waals surface area contributed by atoms with Crippen molar-refractivity contribution in [3.05, 3.63) is 22.8 Å². The summed E-state index contributed by atoms with van der Waals surface area (Å²) < 4.78 is 0. The van der Waals surface area contributed by atoms with Crippen LogP contribution in [0.3, 0.4) is 0 Å². The standard InChI is InChI=1S/C15H19ClN4O/c1-2-7-18-14-9-12(13(16)10-19-14)15(21)20(8-3-6-17)11-4-5-11/h9-11H,2-5,7-8H2,1H3,(H,18,19). The number of nitrogens with one attached hydrogen (secondary N) is 1. The molecule has 0 spiro atoms. The number of nitriles is 1. The summed E-state index contributed by atoms with van der Waals surface area (Å²) in [5, 5.41) is 12.2. The van der Waals surface area contributed by atoms with E-state index in [0.717, 1.165) is 25.8 Å². The second kappa shape index (κ2) is 7.28. The highest BCUT2D eigenvalue weighted by Gasteiger charge is 2.33. The molecule has 0 radical (unpaired) electrons. The third-order valence-electron chi connectivity index (χ3n) is 3.35. The molecule has 1 heterocycles. The van der Waals surface area contributed by atoms with E-state index >= 15 is 0 Å². The Labute approximate surface area is 129 Å². The number of carbonyl (C=O) groups excluding carboxylic acids is 1. The summed E-state index contributed by atoms with van der Waals surface area (Å²) in [6, 6.07) is 4.04. The van der Waals surface area contributed by atoms with Gasteiger partial charge in [0.1, 0.15) is 5.82 Å². The maximum atomic E-state index is 12.7. The van der Waals surface area contributed by atoms with Crippen molar-refractivity contribution in [1.29, 1.82) is 5.26 Å². The summed E-state index contributed by atoms with van der Waals surface area (Å²) in [4.78, 5) is 18.6. The summed E-state index contributed by atoms with van der Waals surface area (Å²) in [7, 11) is 0. The second-order valence-electron chi connectivity index (χ2n) is 5.11. The molecular weight excluding hydrogens is 288 g/mol. The predicted octanol–water partition coefficient (Wildman–Crippen LogP) is 3.08. The SMILES string of the molecule is CCCNc1cc(C(=O)N(CCC#N)C2CC2)c(Cl)cn1. The lowest BCUT2D eigenvalue weighted by Crippen LogP contribution is -2.34. The Morgan fingerprint density at radius 3 is 3.00 bits per heavy atom. The third-order valence-corrected chi connectivity index (χ3v) is 3.66. The van der Waals surface area contributed by atoms with Gasteiger partial charge in [0, 0.05) is 25.3 Å². The van der Waals surface area contributed by atoms with Crippen LogP contribution in [0.5, 0.6) is 0 Å². The van der Waals surface area contributed by atoms with Crippen LogP contribution < -0.4 is 5.32 Å². The highest BCUT2D eigenvalue weighted by Crippen LogP contribution is 2.30. The van der Waals surface area contributed by atoms with Gasteiger partial charge in [-0.2, -0.15) is 5.26 Å². The van der Waals surface area contributed by atoms with E-state index in [0.29, 0.717) is 29.4 Å². The summed E-state index contributed by atoms with van der Waals surface area (Å²) in [6.07, 6.45) is 4.82. The van der Waals surface area contributed by atoms with Gasteiger partial charge in [-0.3, -0.25) is 4.79 Å². The van der Waals surface area contributed by atoms with Crippen LogP contribution in [-0.2, 0) is 0 Å². The van der Waals surface area contributed by atoms with Crippen molar-refractivity contribution in [3.63, 3.8) is 0 Å². The average Bonchev–Trinajstić information content (AvgIpc) is 3.31. The number of anilines is 1. The fourth-order valence-electron chi connectivity index (χ4n) is 2.11. The van der Waals surface area contributed by atoms with Crippen LogP contribution in [0.2, 0.25) is 5.02 Å². The van der Waals surface area contributed by atoms with Crippen LogP contribution in [-0.4, -0.2) is 34.9 Å². The molecule has 0 saturated heterocycles. The van der Waals surface area contributed by atoms with E-state index in [1.54, 1.807) is 11.0 Å². The smallest absolute Gasteiger partial charge is 0.255 e. The molecule has 21 heavy (non-hydrogen) atoms. The Kier molecular flexibility index (Phi) is 5.40. The molecule has 1 aromatic rings. The van der Waals surface area contributed by atoms with Crippen molar-refractivity contribution >= 4 is 23.3 Å². The van der Waals surface area contributed by atoms with E-state index < -0.39 is 0 Å². The first-order valence-corrected chi connectivity index (χ1v) is 7.62. The monoisotopic (exact) mass is 306 g/mol. The summed E-state index contributed by atoms with van der Waals surface area (Å²) in [5.74, 6) is 0.542. The molecule has 0 atom stereocenters. The van der Waals surface area contributed by atoms with Crippen LogP contribution in [0.15, 0.2) is 12.3 Å². The lowest BCUT2D eigenvalue weighted by molar-refractivity contribution is 0.0747. The molecule has 0 aliphatic heterocycles. The van der Waals surface area contributed by atoms with Gasteiger partial charge in [0.2, 0.25) is 0 Å². The van der Waals surface area contributed by atoms with Crippen LogP contribution >= 0.6 is 11.6 Å². The van der Waals surface area contributed by atoms with Gasteiger partial charge in [0.25, 0.3) is 5.91 Å². The van der Waals surface area contributed by atoms with Crippen molar-refractivity contribution in [1.82, 2.24) is 9.88 Å². The fraction of sp³-hybridized carbons (Fsp3) is 0.533. The first kappa shape index (κ1) is 15.6. The molecule has 6 heteroatoms. The number of pyridine rings is 1.